The normalized spacial score (nSPS) is 10.3. The van der Waals surface area contributed by atoms with E-state index in [1.807, 2.05) is 32.0 Å². The van der Waals surface area contributed by atoms with Crippen molar-refractivity contribution in [1.29, 1.82) is 0 Å². The minimum absolute atomic E-state index is 0.182. The largest absolute Gasteiger partial charge is 0.382 e. The molecule has 5 nitrogen and oxygen atoms in total. The monoisotopic (exact) mass is 256 g/mol. The smallest absolute Gasteiger partial charge is 0.257 e. The molecular formula is C14H16N4O. The average Bonchev–Trinajstić information content (AvgIpc) is 2.39. The van der Waals surface area contributed by atoms with Crippen molar-refractivity contribution in [2.45, 2.75) is 19.9 Å². The molecule has 0 saturated heterocycles. The maximum atomic E-state index is 12.2. The van der Waals surface area contributed by atoms with E-state index in [1.165, 1.54) is 6.33 Å². The molecule has 1 aromatic heterocycles. The summed E-state index contributed by atoms with van der Waals surface area (Å²) in [5.74, 6) is -0.182. The summed E-state index contributed by atoms with van der Waals surface area (Å²) in [6, 6.07) is 7.66. The van der Waals surface area contributed by atoms with Crippen LogP contribution in [0.25, 0.3) is 0 Å². The number of nitrogens with zero attached hydrogens (tertiary/aromatic N) is 2. The molecule has 0 aliphatic heterocycles. The van der Waals surface area contributed by atoms with E-state index in [4.69, 9.17) is 0 Å². The van der Waals surface area contributed by atoms with Crippen molar-refractivity contribution in [2.24, 2.45) is 0 Å². The van der Waals surface area contributed by atoms with Crippen molar-refractivity contribution in [1.82, 2.24) is 9.97 Å². The molecule has 5 heteroatoms. The van der Waals surface area contributed by atoms with Gasteiger partial charge in [0.25, 0.3) is 5.91 Å². The summed E-state index contributed by atoms with van der Waals surface area (Å²) in [4.78, 5) is 19.9. The Kier molecular flexibility index (Phi) is 4.07. The van der Waals surface area contributed by atoms with Gasteiger partial charge in [0.05, 0.1) is 23.6 Å². The first kappa shape index (κ1) is 13.0. The van der Waals surface area contributed by atoms with Crippen LogP contribution in [0.15, 0.2) is 43.0 Å². The van der Waals surface area contributed by atoms with Gasteiger partial charge in [0, 0.05) is 11.7 Å². The Balaban J connectivity index is 2.19. The Hall–Kier alpha value is -2.43. The van der Waals surface area contributed by atoms with E-state index in [2.05, 4.69) is 20.6 Å². The molecule has 0 bridgehead atoms. The molecule has 0 radical (unpaired) electrons. The average molecular weight is 256 g/mol. The van der Waals surface area contributed by atoms with Crippen LogP contribution in [0.1, 0.15) is 24.2 Å². The molecule has 2 N–H and O–H groups in total. The van der Waals surface area contributed by atoms with Gasteiger partial charge in [-0.1, -0.05) is 12.1 Å². The Morgan fingerprint density at radius 3 is 2.53 bits per heavy atom. The first-order valence-electron chi connectivity index (χ1n) is 6.08. The number of amides is 1. The van der Waals surface area contributed by atoms with Crippen LogP contribution in [0.3, 0.4) is 0 Å². The van der Waals surface area contributed by atoms with Crippen LogP contribution in [-0.2, 0) is 0 Å². The lowest BCUT2D eigenvalue weighted by Gasteiger charge is -2.14. The second-order valence-corrected chi connectivity index (χ2v) is 4.43. The summed E-state index contributed by atoms with van der Waals surface area (Å²) in [6.45, 7) is 4.06. The van der Waals surface area contributed by atoms with E-state index in [1.54, 1.807) is 18.5 Å². The quantitative estimate of drug-likeness (QED) is 0.882. The highest BCUT2D eigenvalue weighted by Crippen LogP contribution is 2.17. The van der Waals surface area contributed by atoms with Gasteiger partial charge in [0.1, 0.15) is 6.33 Å². The highest BCUT2D eigenvalue weighted by atomic mass is 16.1. The van der Waals surface area contributed by atoms with E-state index < -0.39 is 0 Å². The zero-order chi connectivity index (χ0) is 13.7. The number of anilines is 2. The SMILES string of the molecule is CC(C)Nc1ccccc1C(=O)Nc1cncnc1. The van der Waals surface area contributed by atoms with Gasteiger partial charge in [0.2, 0.25) is 0 Å². The van der Waals surface area contributed by atoms with Crippen molar-refractivity contribution in [2.75, 3.05) is 10.6 Å². The lowest BCUT2D eigenvalue weighted by atomic mass is 10.1. The van der Waals surface area contributed by atoms with Gasteiger partial charge in [-0.2, -0.15) is 0 Å². The highest BCUT2D eigenvalue weighted by molar-refractivity contribution is 6.07. The van der Waals surface area contributed by atoms with Gasteiger partial charge >= 0.3 is 0 Å². The standard InChI is InChI=1S/C14H16N4O/c1-10(2)17-13-6-4-3-5-12(13)14(19)18-11-7-15-9-16-8-11/h3-10,17H,1-2H3,(H,18,19). The zero-order valence-electron chi connectivity index (χ0n) is 10.9. The summed E-state index contributed by atoms with van der Waals surface area (Å²) >= 11 is 0. The van der Waals surface area contributed by atoms with Gasteiger partial charge in [-0.15, -0.1) is 0 Å². The van der Waals surface area contributed by atoms with E-state index >= 15 is 0 Å². The molecular weight excluding hydrogens is 240 g/mol. The van der Waals surface area contributed by atoms with Gasteiger partial charge in [-0.05, 0) is 26.0 Å². The summed E-state index contributed by atoms with van der Waals surface area (Å²) in [7, 11) is 0. The van der Waals surface area contributed by atoms with E-state index in [0.717, 1.165) is 5.69 Å². The zero-order valence-corrected chi connectivity index (χ0v) is 10.9. The molecule has 0 aliphatic carbocycles. The molecule has 1 heterocycles. The fourth-order valence-electron chi connectivity index (χ4n) is 1.68. The molecule has 0 spiro atoms. The third-order valence-corrected chi connectivity index (χ3v) is 2.43. The Morgan fingerprint density at radius 2 is 1.84 bits per heavy atom. The molecule has 98 valence electrons. The van der Waals surface area contributed by atoms with Crippen molar-refractivity contribution in [3.05, 3.63) is 48.5 Å². The van der Waals surface area contributed by atoms with Crippen LogP contribution in [0.2, 0.25) is 0 Å². The van der Waals surface area contributed by atoms with Crippen molar-refractivity contribution < 1.29 is 4.79 Å². The topological polar surface area (TPSA) is 66.9 Å². The number of nitrogens with one attached hydrogen (secondary N) is 2. The van der Waals surface area contributed by atoms with Crippen LogP contribution in [-0.4, -0.2) is 21.9 Å². The summed E-state index contributed by atoms with van der Waals surface area (Å²) in [5, 5.41) is 6.02. The Labute approximate surface area is 112 Å². The lowest BCUT2D eigenvalue weighted by Crippen LogP contribution is -2.17. The molecule has 0 aliphatic rings. The second-order valence-electron chi connectivity index (χ2n) is 4.43. The predicted octanol–water partition coefficient (Wildman–Crippen LogP) is 2.55. The van der Waals surface area contributed by atoms with E-state index in [9.17, 15) is 4.79 Å². The number of hydrogen-bond donors (Lipinski definition) is 2. The fourth-order valence-corrected chi connectivity index (χ4v) is 1.68. The minimum atomic E-state index is -0.182. The van der Waals surface area contributed by atoms with Gasteiger partial charge in [-0.3, -0.25) is 4.79 Å². The molecule has 2 rings (SSSR count). The van der Waals surface area contributed by atoms with E-state index in [-0.39, 0.29) is 11.9 Å². The van der Waals surface area contributed by atoms with Crippen LogP contribution < -0.4 is 10.6 Å². The summed E-state index contributed by atoms with van der Waals surface area (Å²) in [6.07, 6.45) is 4.54. The molecule has 1 amide bonds. The molecule has 0 fully saturated rings. The van der Waals surface area contributed by atoms with E-state index in [0.29, 0.717) is 11.3 Å². The minimum Gasteiger partial charge on any atom is -0.382 e. The van der Waals surface area contributed by atoms with Crippen molar-refractivity contribution in [3.8, 4) is 0 Å². The number of para-hydroxylation sites is 1. The van der Waals surface area contributed by atoms with Crippen LogP contribution >= 0.6 is 0 Å². The Morgan fingerprint density at radius 1 is 1.16 bits per heavy atom. The molecule has 0 atom stereocenters. The Bertz CT molecular complexity index is 554. The van der Waals surface area contributed by atoms with Gasteiger partial charge < -0.3 is 10.6 Å². The summed E-state index contributed by atoms with van der Waals surface area (Å²) < 4.78 is 0. The number of rotatable bonds is 4. The van der Waals surface area contributed by atoms with Crippen LogP contribution in [0, 0.1) is 0 Å². The fraction of sp³-hybridized carbons (Fsp3) is 0.214. The van der Waals surface area contributed by atoms with Gasteiger partial charge in [-0.25, -0.2) is 9.97 Å². The number of carbonyl (C=O) groups is 1. The first-order valence-corrected chi connectivity index (χ1v) is 6.08. The molecule has 0 saturated carbocycles. The number of aromatic nitrogens is 2. The van der Waals surface area contributed by atoms with Crippen LogP contribution in [0.5, 0.6) is 0 Å². The highest BCUT2D eigenvalue weighted by Gasteiger charge is 2.11. The first-order chi connectivity index (χ1) is 9.16. The number of benzene rings is 1. The van der Waals surface area contributed by atoms with Crippen molar-refractivity contribution in [3.63, 3.8) is 0 Å². The number of hydrogen-bond acceptors (Lipinski definition) is 4. The molecule has 2 aromatic rings. The maximum Gasteiger partial charge on any atom is 0.257 e. The van der Waals surface area contributed by atoms with Gasteiger partial charge in [0.15, 0.2) is 0 Å². The van der Waals surface area contributed by atoms with Crippen molar-refractivity contribution >= 4 is 17.3 Å². The predicted molar refractivity (Wildman–Crippen MR) is 75.2 cm³/mol. The molecule has 19 heavy (non-hydrogen) atoms. The number of carbonyl (C=O) groups excluding carboxylic acids is 1. The maximum absolute atomic E-state index is 12.2. The second kappa shape index (κ2) is 5.95. The third kappa shape index (κ3) is 3.51. The van der Waals surface area contributed by atoms with Crippen LogP contribution in [0.4, 0.5) is 11.4 Å². The third-order valence-electron chi connectivity index (χ3n) is 2.43. The molecule has 1 aromatic carbocycles. The lowest BCUT2D eigenvalue weighted by molar-refractivity contribution is 0.102. The molecule has 0 unspecified atom stereocenters. The summed E-state index contributed by atoms with van der Waals surface area (Å²) in [5.41, 5.74) is 1.98.